The average molecular weight is 734 g/mol. The number of fused-ring (bicyclic) bond motifs is 3. The molecule has 1 aromatic heterocycles. The summed E-state index contributed by atoms with van der Waals surface area (Å²) in [6, 6.07) is 14.9. The molecule has 10 nitrogen and oxygen atoms in total. The molecule has 3 fully saturated rings. The summed E-state index contributed by atoms with van der Waals surface area (Å²) >= 11 is 1.39. The minimum atomic E-state index is -3.89. The number of rotatable bonds is 9. The summed E-state index contributed by atoms with van der Waals surface area (Å²) in [7, 11) is -2.27. The molecule has 272 valence electrons. The van der Waals surface area contributed by atoms with E-state index in [9.17, 15) is 22.8 Å². The summed E-state index contributed by atoms with van der Waals surface area (Å²) in [5, 5.41) is 0.452. The number of nitrogens with zero attached hydrogens (tertiary/aromatic N) is 2. The molecular weight excluding hydrogens is 687 g/mol. The van der Waals surface area contributed by atoms with Gasteiger partial charge in [-0.05, 0) is 88.0 Å². The van der Waals surface area contributed by atoms with Gasteiger partial charge in [-0.1, -0.05) is 66.7 Å². The number of hydrogen-bond acceptors (Lipinski definition) is 9. The molecule has 3 aromatic rings. The minimum Gasteiger partial charge on any atom is -0.497 e. The number of benzene rings is 2. The molecule has 12 heteroatoms. The Hall–Kier alpha value is -3.77. The molecule has 1 saturated heterocycles. The number of allylic oxidation sites excluding steroid dienone is 2. The summed E-state index contributed by atoms with van der Waals surface area (Å²) in [6.45, 7) is 1.87. The highest BCUT2D eigenvalue weighted by Crippen LogP contribution is 2.57. The standard InChI is InChI=1S/C39H47N3O7S2/c1-38(19-20-38)51(46,47)41-36(45)39-23-28(39)14-10-5-3-4-9-13-27(16-15-26-11-7-6-8-12-26)35(44)42-25-30(21-32(42)33(43)24-39)49-37-40-31-18-17-29(48-2)22-34(31)50-37/h6-8,10-12,14,17-18,22,27-28,30,32H,3-5,9,13,15-16,19-21,23-25H2,1-2H3,(H,41,45)/b14-10-/t27-,28+,30-,32+,39-/m1/s1. The SMILES string of the molecule is COc1ccc2nc(O[C@@H]3C[C@H]4C(=O)C[C@]5(C(=O)NS(=O)(=O)C6(C)CC6)C[C@@H]5/C=C\CCCCC[C@H](CCc5ccccc5)C(=O)N4C3)sc2c1. The van der Waals surface area contributed by atoms with Gasteiger partial charge in [0.05, 0.1) is 40.1 Å². The van der Waals surface area contributed by atoms with E-state index in [1.807, 2.05) is 42.5 Å². The fraction of sp³-hybridized carbons (Fsp3) is 0.538. The number of methoxy groups -OCH3 is 1. The van der Waals surface area contributed by atoms with E-state index < -0.39 is 38.2 Å². The van der Waals surface area contributed by atoms with Gasteiger partial charge in [0.25, 0.3) is 5.19 Å². The summed E-state index contributed by atoms with van der Waals surface area (Å²) in [4.78, 5) is 49.2. The maximum atomic E-state index is 14.6. The van der Waals surface area contributed by atoms with E-state index in [0.29, 0.717) is 36.6 Å². The van der Waals surface area contributed by atoms with Crippen LogP contribution in [0, 0.1) is 17.3 Å². The fourth-order valence-corrected chi connectivity index (χ4v) is 9.93. The Morgan fingerprint density at radius 1 is 1.10 bits per heavy atom. The largest absolute Gasteiger partial charge is 0.497 e. The Morgan fingerprint density at radius 2 is 1.90 bits per heavy atom. The molecular formula is C39H47N3O7S2. The summed E-state index contributed by atoms with van der Waals surface area (Å²) in [6.07, 6.45) is 10.9. The molecule has 51 heavy (non-hydrogen) atoms. The summed E-state index contributed by atoms with van der Waals surface area (Å²) < 4.78 is 40.4. The third kappa shape index (κ3) is 7.58. The molecule has 1 N–H and O–H groups in total. The second-order valence-electron chi connectivity index (χ2n) is 15.1. The van der Waals surface area contributed by atoms with Crippen LogP contribution >= 0.6 is 11.3 Å². The van der Waals surface area contributed by atoms with E-state index in [0.717, 1.165) is 54.3 Å². The first kappa shape index (κ1) is 35.6. The number of hydrogen-bond donors (Lipinski definition) is 1. The van der Waals surface area contributed by atoms with Crippen LogP contribution in [-0.2, 0) is 30.8 Å². The van der Waals surface area contributed by atoms with Gasteiger partial charge in [0.1, 0.15) is 11.9 Å². The highest BCUT2D eigenvalue weighted by atomic mass is 32.2. The monoisotopic (exact) mass is 733 g/mol. The van der Waals surface area contributed by atoms with Crippen LogP contribution in [0.4, 0.5) is 0 Å². The van der Waals surface area contributed by atoms with Crippen molar-refractivity contribution < 1.29 is 32.3 Å². The number of ether oxygens (including phenoxy) is 2. The Balaban J connectivity index is 1.16. The van der Waals surface area contributed by atoms with Crippen molar-refractivity contribution in [3.8, 4) is 10.9 Å². The van der Waals surface area contributed by atoms with Crippen LogP contribution in [0.2, 0.25) is 0 Å². The molecule has 0 unspecified atom stereocenters. The van der Waals surface area contributed by atoms with Crippen molar-refractivity contribution in [2.24, 2.45) is 17.3 Å². The third-order valence-electron chi connectivity index (χ3n) is 11.4. The predicted molar refractivity (Wildman–Crippen MR) is 196 cm³/mol. The van der Waals surface area contributed by atoms with Gasteiger partial charge in [-0.25, -0.2) is 13.4 Å². The van der Waals surface area contributed by atoms with E-state index in [2.05, 4.69) is 27.9 Å². The zero-order valence-electron chi connectivity index (χ0n) is 29.3. The van der Waals surface area contributed by atoms with Crippen LogP contribution in [0.3, 0.4) is 0 Å². The average Bonchev–Trinajstić information content (AvgIpc) is 3.93. The maximum absolute atomic E-state index is 14.6. The molecule has 0 radical (unpaired) electrons. The van der Waals surface area contributed by atoms with Crippen molar-refractivity contribution >= 4 is 49.2 Å². The second-order valence-corrected chi connectivity index (χ2v) is 18.3. The predicted octanol–water partition coefficient (Wildman–Crippen LogP) is 6.39. The van der Waals surface area contributed by atoms with Gasteiger partial charge in [-0.15, -0.1) is 0 Å². The fourth-order valence-electron chi connectivity index (χ4n) is 7.69. The van der Waals surface area contributed by atoms with Gasteiger partial charge in [-0.3, -0.25) is 19.1 Å². The first-order valence-corrected chi connectivity index (χ1v) is 20.5. The van der Waals surface area contributed by atoms with Crippen molar-refractivity contribution in [2.75, 3.05) is 13.7 Å². The summed E-state index contributed by atoms with van der Waals surface area (Å²) in [5.41, 5.74) is 0.766. The topological polar surface area (TPSA) is 132 Å². The Bertz CT molecular complexity index is 1920. The second kappa shape index (κ2) is 14.3. The van der Waals surface area contributed by atoms with E-state index in [1.165, 1.54) is 11.3 Å². The van der Waals surface area contributed by atoms with E-state index in [4.69, 9.17) is 9.47 Å². The van der Waals surface area contributed by atoms with Crippen LogP contribution in [0.25, 0.3) is 10.2 Å². The van der Waals surface area contributed by atoms with Crippen molar-refractivity contribution in [1.29, 1.82) is 0 Å². The number of thiazole rings is 1. The van der Waals surface area contributed by atoms with Crippen molar-refractivity contribution in [1.82, 2.24) is 14.6 Å². The van der Waals surface area contributed by atoms with Gasteiger partial charge in [-0.2, -0.15) is 0 Å². The van der Waals surface area contributed by atoms with E-state index >= 15 is 0 Å². The lowest BCUT2D eigenvalue weighted by molar-refractivity contribution is -0.142. The highest BCUT2D eigenvalue weighted by Gasteiger charge is 2.62. The van der Waals surface area contributed by atoms with Crippen molar-refractivity contribution in [2.45, 2.75) is 101 Å². The van der Waals surface area contributed by atoms with Gasteiger partial charge >= 0.3 is 0 Å². The Kier molecular flexibility index (Phi) is 10.0. The number of sulfonamides is 1. The van der Waals surface area contributed by atoms with Gasteiger partial charge in [0.2, 0.25) is 21.8 Å². The van der Waals surface area contributed by atoms with Crippen LogP contribution in [0.1, 0.15) is 83.1 Å². The number of carbonyl (C=O) groups excluding carboxylic acids is 3. The number of ketones is 1. The van der Waals surface area contributed by atoms with E-state index in [-0.39, 0.29) is 42.9 Å². The molecule has 7 rings (SSSR count). The van der Waals surface area contributed by atoms with Crippen LogP contribution in [0.15, 0.2) is 60.7 Å². The molecule has 4 aliphatic rings. The first-order valence-electron chi connectivity index (χ1n) is 18.2. The Morgan fingerprint density at radius 3 is 2.67 bits per heavy atom. The first-order chi connectivity index (χ1) is 24.5. The van der Waals surface area contributed by atoms with Crippen LogP contribution in [0.5, 0.6) is 10.9 Å². The number of carbonyl (C=O) groups is 3. The number of Topliss-reactive ketones (excluding diaryl/α,β-unsaturated/α-hetero) is 1. The maximum Gasteiger partial charge on any atom is 0.274 e. The number of nitrogens with one attached hydrogen (secondary N) is 1. The molecule has 2 aliphatic carbocycles. The zero-order valence-corrected chi connectivity index (χ0v) is 31.0. The van der Waals surface area contributed by atoms with Crippen LogP contribution < -0.4 is 14.2 Å². The molecule has 3 heterocycles. The smallest absolute Gasteiger partial charge is 0.274 e. The molecule has 2 amide bonds. The molecule has 2 saturated carbocycles. The van der Waals surface area contributed by atoms with Crippen LogP contribution in [-0.4, -0.2) is 66.4 Å². The number of aryl methyl sites for hydroxylation is 1. The van der Waals surface area contributed by atoms with Gasteiger partial charge < -0.3 is 14.4 Å². The third-order valence-corrected chi connectivity index (χ3v) is 14.5. The lowest BCUT2D eigenvalue weighted by Crippen LogP contribution is -2.47. The molecule has 2 aromatic carbocycles. The molecule has 0 bridgehead atoms. The van der Waals surface area contributed by atoms with Gasteiger partial charge in [0.15, 0.2) is 5.78 Å². The lowest BCUT2D eigenvalue weighted by Gasteiger charge is -2.29. The zero-order chi connectivity index (χ0) is 35.8. The number of aromatic nitrogens is 1. The van der Waals surface area contributed by atoms with Gasteiger partial charge in [0, 0.05) is 18.8 Å². The molecule has 5 atom stereocenters. The normalized spacial score (nSPS) is 28.5. The van der Waals surface area contributed by atoms with E-state index in [1.54, 1.807) is 18.9 Å². The van der Waals surface area contributed by atoms with Crippen molar-refractivity contribution in [3.63, 3.8) is 0 Å². The minimum absolute atomic E-state index is 0.0625. The molecule has 0 spiro atoms. The number of amides is 2. The Labute approximate surface area is 304 Å². The lowest BCUT2D eigenvalue weighted by atomic mass is 9.90. The molecule has 2 aliphatic heterocycles. The van der Waals surface area contributed by atoms with Crippen molar-refractivity contribution in [3.05, 3.63) is 66.2 Å². The summed E-state index contributed by atoms with van der Waals surface area (Å²) in [5.74, 6) is -0.714. The quantitative estimate of drug-likeness (QED) is 0.251. The highest BCUT2D eigenvalue weighted by molar-refractivity contribution is 7.91.